The molecule has 1 aromatic heterocycles. The number of hydrogen-bond acceptors (Lipinski definition) is 2. The van der Waals surface area contributed by atoms with Crippen LogP contribution in [0.2, 0.25) is 0 Å². The largest absolute Gasteiger partial charge is 0.484 e. The van der Waals surface area contributed by atoms with E-state index >= 15 is 0 Å². The van der Waals surface area contributed by atoms with Gasteiger partial charge in [-0.3, -0.25) is 0 Å². The first-order valence-electron chi connectivity index (χ1n) is 20.0. The molecule has 3 heteroatoms. The summed E-state index contributed by atoms with van der Waals surface area (Å²) >= 11 is 0. The Morgan fingerprint density at radius 1 is 0.509 bits per heavy atom. The van der Waals surface area contributed by atoms with Crippen LogP contribution >= 0.6 is 0 Å². The first-order chi connectivity index (χ1) is 28.3. The molecule has 7 aromatic carbocycles. The van der Waals surface area contributed by atoms with E-state index in [1.165, 1.54) is 60.9 Å². The maximum absolute atomic E-state index is 6.48. The van der Waals surface area contributed by atoms with Crippen LogP contribution in [-0.2, 0) is 0 Å². The Morgan fingerprint density at radius 2 is 1.16 bits per heavy atom. The zero-order chi connectivity index (χ0) is 37.7. The molecule has 1 aliphatic heterocycles. The van der Waals surface area contributed by atoms with Gasteiger partial charge in [-0.15, -0.1) is 0 Å². The van der Waals surface area contributed by atoms with Gasteiger partial charge in [-0.2, -0.15) is 0 Å². The molecule has 0 fully saturated rings. The van der Waals surface area contributed by atoms with Gasteiger partial charge < -0.3 is 14.2 Å². The standard InChI is InChI=1S/C54H40N2O/c1-2-15-40(16-3-1)55(41-35-33-38(34-36-41)37-29-31-39(32-30-37)42-22-14-23-48-47-21-8-13-28-53(47)57-54(42)48)49-24-9-4-17-43(49)44-18-5-10-25-50(44)56-51-26-11-6-19-45(51)46-20-7-12-27-52(46)56/h1-33,35,47,53H,34,36H2. The van der Waals surface area contributed by atoms with Gasteiger partial charge >= 0.3 is 0 Å². The van der Waals surface area contributed by atoms with Gasteiger partial charge in [0, 0.05) is 50.3 Å². The highest BCUT2D eigenvalue weighted by Crippen LogP contribution is 2.47. The first-order valence-corrected chi connectivity index (χ1v) is 20.0. The molecule has 0 amide bonds. The van der Waals surface area contributed by atoms with Crippen molar-refractivity contribution in [3.63, 3.8) is 0 Å². The van der Waals surface area contributed by atoms with Crippen LogP contribution < -0.4 is 9.64 Å². The highest BCUT2D eigenvalue weighted by atomic mass is 16.5. The van der Waals surface area contributed by atoms with Crippen molar-refractivity contribution in [2.75, 3.05) is 4.90 Å². The van der Waals surface area contributed by atoms with Crippen LogP contribution in [-0.4, -0.2) is 10.7 Å². The lowest BCUT2D eigenvalue weighted by molar-refractivity contribution is 0.270. The molecule has 0 radical (unpaired) electrons. The number of aromatic nitrogens is 1. The van der Waals surface area contributed by atoms with E-state index in [1.807, 2.05) is 0 Å². The number of fused-ring (bicyclic) bond motifs is 6. The van der Waals surface area contributed by atoms with Gasteiger partial charge in [-0.25, -0.2) is 0 Å². The minimum absolute atomic E-state index is 0.0797. The number of allylic oxidation sites excluding steroid dienone is 6. The number of anilines is 2. The minimum atomic E-state index is 0.0797. The maximum Gasteiger partial charge on any atom is 0.132 e. The second-order valence-corrected chi connectivity index (χ2v) is 15.1. The Hall–Kier alpha value is -7.10. The van der Waals surface area contributed by atoms with Crippen molar-refractivity contribution in [3.8, 4) is 33.7 Å². The smallest absolute Gasteiger partial charge is 0.132 e. The summed E-state index contributed by atoms with van der Waals surface area (Å²) in [6.45, 7) is 0. The van der Waals surface area contributed by atoms with Crippen LogP contribution in [0.15, 0.2) is 212 Å². The van der Waals surface area contributed by atoms with Crippen molar-refractivity contribution in [3.05, 3.63) is 223 Å². The van der Waals surface area contributed by atoms with Gasteiger partial charge in [-0.1, -0.05) is 158 Å². The zero-order valence-electron chi connectivity index (χ0n) is 31.5. The number of nitrogens with zero attached hydrogens (tertiary/aromatic N) is 2. The second-order valence-electron chi connectivity index (χ2n) is 15.1. The van der Waals surface area contributed by atoms with E-state index in [4.69, 9.17) is 4.74 Å². The Bertz CT molecular complexity index is 2890. The highest BCUT2D eigenvalue weighted by Gasteiger charge is 2.33. The lowest BCUT2D eigenvalue weighted by atomic mass is 9.89. The molecule has 2 aliphatic carbocycles. The van der Waals surface area contributed by atoms with E-state index in [9.17, 15) is 0 Å². The van der Waals surface area contributed by atoms with E-state index in [1.54, 1.807) is 0 Å². The van der Waals surface area contributed by atoms with Crippen molar-refractivity contribution in [1.29, 1.82) is 0 Å². The summed E-state index contributed by atoms with van der Waals surface area (Å²) in [5, 5.41) is 2.52. The molecule has 2 atom stereocenters. The molecule has 0 bridgehead atoms. The molecule has 2 unspecified atom stereocenters. The number of benzene rings is 7. The average molecular weight is 733 g/mol. The monoisotopic (exact) mass is 732 g/mol. The maximum atomic E-state index is 6.48. The van der Waals surface area contributed by atoms with Crippen molar-refractivity contribution >= 4 is 38.8 Å². The van der Waals surface area contributed by atoms with Gasteiger partial charge in [-0.05, 0) is 78.1 Å². The Morgan fingerprint density at radius 3 is 1.93 bits per heavy atom. The molecule has 3 nitrogen and oxygen atoms in total. The van der Waals surface area contributed by atoms with E-state index in [0.29, 0.717) is 0 Å². The molecule has 11 rings (SSSR count). The summed E-state index contributed by atoms with van der Waals surface area (Å²) < 4.78 is 8.92. The molecule has 272 valence electrons. The third kappa shape index (κ3) is 5.66. The molecule has 0 spiro atoms. The fraction of sp³-hybridized carbons (Fsp3) is 0.0741. The van der Waals surface area contributed by atoms with E-state index in [0.717, 1.165) is 41.2 Å². The fourth-order valence-electron chi connectivity index (χ4n) is 9.22. The molecular formula is C54H40N2O. The third-order valence-corrected chi connectivity index (χ3v) is 11.9. The zero-order valence-corrected chi connectivity index (χ0v) is 31.5. The quantitative estimate of drug-likeness (QED) is 0.162. The van der Waals surface area contributed by atoms with E-state index < -0.39 is 0 Å². The Kier molecular flexibility index (Phi) is 8.10. The molecule has 0 N–H and O–H groups in total. The summed E-state index contributed by atoms with van der Waals surface area (Å²) in [4.78, 5) is 2.46. The normalized spacial score (nSPS) is 16.8. The van der Waals surface area contributed by atoms with Crippen molar-refractivity contribution < 1.29 is 4.74 Å². The predicted molar refractivity (Wildman–Crippen MR) is 237 cm³/mol. The summed E-state index contributed by atoms with van der Waals surface area (Å²) in [5.41, 5.74) is 15.8. The van der Waals surface area contributed by atoms with Crippen LogP contribution in [0.1, 0.15) is 29.9 Å². The predicted octanol–water partition coefficient (Wildman–Crippen LogP) is 14.0. The van der Waals surface area contributed by atoms with Crippen molar-refractivity contribution in [2.24, 2.45) is 0 Å². The van der Waals surface area contributed by atoms with Crippen molar-refractivity contribution in [2.45, 2.75) is 24.9 Å². The lowest BCUT2D eigenvalue weighted by Crippen LogP contribution is -2.18. The van der Waals surface area contributed by atoms with Gasteiger partial charge in [0.05, 0.1) is 22.4 Å². The SMILES string of the molecule is C1=CC2Oc3c(-c4ccc(C5=CC=C(N(c6ccccc6)c6ccccc6-c6ccccc6-n6c7ccccc7c7ccccc76)CC5)cc4)cccc3C2C=C1. The van der Waals surface area contributed by atoms with E-state index in [-0.39, 0.29) is 12.0 Å². The molecule has 2 heterocycles. The second kappa shape index (κ2) is 13.9. The number of para-hydroxylation sites is 6. The Labute approximate surface area is 333 Å². The fourth-order valence-corrected chi connectivity index (χ4v) is 9.22. The first kappa shape index (κ1) is 33.3. The summed E-state index contributed by atoms with van der Waals surface area (Å²) in [5.74, 6) is 1.30. The molecule has 3 aliphatic rings. The van der Waals surface area contributed by atoms with Gasteiger partial charge in [0.15, 0.2) is 0 Å². The summed E-state index contributed by atoms with van der Waals surface area (Å²) in [6.07, 6.45) is 15.2. The van der Waals surface area contributed by atoms with Gasteiger partial charge in [0.25, 0.3) is 0 Å². The summed E-state index contributed by atoms with van der Waals surface area (Å²) in [6, 6.07) is 61.7. The molecule has 0 saturated carbocycles. The van der Waals surface area contributed by atoms with Gasteiger partial charge in [0.2, 0.25) is 0 Å². The molecule has 0 saturated heterocycles. The van der Waals surface area contributed by atoms with Crippen LogP contribution in [0.3, 0.4) is 0 Å². The van der Waals surface area contributed by atoms with Crippen LogP contribution in [0.25, 0.3) is 55.3 Å². The number of hydrogen-bond donors (Lipinski definition) is 0. The lowest BCUT2D eigenvalue weighted by Gasteiger charge is -2.32. The Balaban J connectivity index is 0.968. The van der Waals surface area contributed by atoms with E-state index in [2.05, 4.69) is 216 Å². The average Bonchev–Trinajstić information content (AvgIpc) is 3.84. The van der Waals surface area contributed by atoms with Crippen LogP contribution in [0, 0.1) is 0 Å². The molecule has 8 aromatic rings. The highest BCUT2D eigenvalue weighted by molar-refractivity contribution is 6.10. The molecule has 57 heavy (non-hydrogen) atoms. The van der Waals surface area contributed by atoms with Crippen LogP contribution in [0.5, 0.6) is 5.75 Å². The van der Waals surface area contributed by atoms with Crippen LogP contribution in [0.4, 0.5) is 11.4 Å². The number of ether oxygens (including phenoxy) is 1. The van der Waals surface area contributed by atoms with Crippen molar-refractivity contribution in [1.82, 2.24) is 4.57 Å². The summed E-state index contributed by atoms with van der Waals surface area (Å²) in [7, 11) is 0. The topological polar surface area (TPSA) is 17.4 Å². The van der Waals surface area contributed by atoms with Gasteiger partial charge in [0.1, 0.15) is 11.9 Å². The molecular weight excluding hydrogens is 693 g/mol. The minimum Gasteiger partial charge on any atom is -0.484 e. The number of rotatable bonds is 7. The third-order valence-electron chi connectivity index (χ3n) is 11.9.